The van der Waals surface area contributed by atoms with Crippen molar-refractivity contribution in [1.82, 2.24) is 10.2 Å². The molecule has 1 heterocycles. The van der Waals surface area contributed by atoms with Gasteiger partial charge in [0.2, 0.25) is 0 Å². The van der Waals surface area contributed by atoms with E-state index < -0.39 is 18.8 Å². The van der Waals surface area contributed by atoms with Gasteiger partial charge in [-0.3, -0.25) is 10.4 Å². The lowest BCUT2D eigenvalue weighted by molar-refractivity contribution is -0.153. The van der Waals surface area contributed by atoms with Crippen LogP contribution in [0.4, 0.5) is 29.5 Å². The van der Waals surface area contributed by atoms with Crippen molar-refractivity contribution in [3.63, 3.8) is 0 Å². The third-order valence-corrected chi connectivity index (χ3v) is 2.57. The number of carbonyl (C=O) groups is 1. The third kappa shape index (κ3) is 4.85. The monoisotopic (exact) mass is 334 g/mol. The van der Waals surface area contributed by atoms with Gasteiger partial charge in [-0.25, -0.2) is 4.79 Å². The fourth-order valence-electron chi connectivity index (χ4n) is 1.48. The predicted octanol–water partition coefficient (Wildman–Crippen LogP) is 3.65. The first kappa shape index (κ1) is 16.0. The largest absolute Gasteiger partial charge is 0.482 e. The van der Waals surface area contributed by atoms with Gasteiger partial charge < -0.3 is 10.1 Å². The Morgan fingerprint density at radius 1 is 1.32 bits per heavy atom. The van der Waals surface area contributed by atoms with E-state index in [0.29, 0.717) is 5.82 Å². The van der Waals surface area contributed by atoms with Crippen LogP contribution in [-0.4, -0.2) is 29.0 Å². The van der Waals surface area contributed by atoms with E-state index in [0.717, 1.165) is 0 Å². The molecule has 1 aromatic heterocycles. The molecular formula is C12H10ClF3N4O2. The molecule has 2 aromatic rings. The number of carbonyl (C=O) groups excluding carboxylic acids is 1. The second-order valence-electron chi connectivity index (χ2n) is 4.09. The summed E-state index contributed by atoms with van der Waals surface area (Å²) in [6, 6.07) is 4.75. The molecule has 22 heavy (non-hydrogen) atoms. The molecular weight excluding hydrogens is 325 g/mol. The van der Waals surface area contributed by atoms with Crippen LogP contribution in [-0.2, 0) is 0 Å². The summed E-state index contributed by atoms with van der Waals surface area (Å²) < 4.78 is 41.3. The highest BCUT2D eigenvalue weighted by atomic mass is 35.5. The number of alkyl halides is 3. The summed E-state index contributed by atoms with van der Waals surface area (Å²) in [6.45, 7) is -1.50. The van der Waals surface area contributed by atoms with Crippen molar-refractivity contribution in [2.45, 2.75) is 6.18 Å². The first-order valence-electron chi connectivity index (χ1n) is 5.90. The Hall–Kier alpha value is -2.42. The highest BCUT2D eigenvalue weighted by Crippen LogP contribution is 2.30. The fourth-order valence-corrected chi connectivity index (χ4v) is 1.64. The minimum Gasteiger partial charge on any atom is -0.482 e. The van der Waals surface area contributed by atoms with E-state index >= 15 is 0 Å². The number of amides is 2. The van der Waals surface area contributed by atoms with Crippen LogP contribution < -0.4 is 15.4 Å². The van der Waals surface area contributed by atoms with Crippen molar-refractivity contribution in [3.8, 4) is 5.75 Å². The summed E-state index contributed by atoms with van der Waals surface area (Å²) in [4.78, 5) is 11.7. The highest BCUT2D eigenvalue weighted by Gasteiger charge is 2.29. The second kappa shape index (κ2) is 6.56. The van der Waals surface area contributed by atoms with Crippen LogP contribution in [0.25, 0.3) is 0 Å². The van der Waals surface area contributed by atoms with Gasteiger partial charge in [0.15, 0.2) is 6.61 Å². The third-order valence-electron chi connectivity index (χ3n) is 2.33. The van der Waals surface area contributed by atoms with Crippen molar-refractivity contribution < 1.29 is 22.7 Å². The summed E-state index contributed by atoms with van der Waals surface area (Å²) in [7, 11) is 0. The Labute approximate surface area is 127 Å². The van der Waals surface area contributed by atoms with Crippen LogP contribution >= 0.6 is 11.6 Å². The quantitative estimate of drug-likeness (QED) is 0.798. The van der Waals surface area contributed by atoms with Gasteiger partial charge in [-0.2, -0.15) is 18.3 Å². The number of halogens is 4. The maximum absolute atomic E-state index is 12.2. The van der Waals surface area contributed by atoms with Crippen LogP contribution in [0.2, 0.25) is 5.02 Å². The van der Waals surface area contributed by atoms with Crippen LogP contribution in [0.5, 0.6) is 5.75 Å². The molecule has 0 unspecified atom stereocenters. The van der Waals surface area contributed by atoms with Crippen molar-refractivity contribution in [3.05, 3.63) is 35.5 Å². The molecule has 10 heteroatoms. The number of nitrogens with zero attached hydrogens (tertiary/aromatic N) is 1. The molecule has 2 amide bonds. The zero-order valence-electron chi connectivity index (χ0n) is 10.9. The summed E-state index contributed by atoms with van der Waals surface area (Å²) in [5.41, 5.74) is 0.0469. The standard InChI is InChI=1S/C12H10ClF3N4O2/c13-7-1-2-8(9(5-7)22-6-12(14,15)16)18-11(21)19-10-3-4-17-20-10/h1-5H,6H2,(H3,17,18,19,20,21). The maximum Gasteiger partial charge on any atom is 0.422 e. The average Bonchev–Trinajstić information content (AvgIpc) is 2.91. The lowest BCUT2D eigenvalue weighted by Crippen LogP contribution is -2.22. The molecule has 0 saturated heterocycles. The molecule has 0 radical (unpaired) electrons. The smallest absolute Gasteiger partial charge is 0.422 e. The van der Waals surface area contributed by atoms with Crippen LogP contribution in [0.3, 0.4) is 0 Å². The highest BCUT2D eigenvalue weighted by molar-refractivity contribution is 6.30. The summed E-state index contributed by atoms with van der Waals surface area (Å²) in [6.07, 6.45) is -3.08. The van der Waals surface area contributed by atoms with E-state index in [1.54, 1.807) is 0 Å². The summed E-state index contributed by atoms with van der Waals surface area (Å²) >= 11 is 5.72. The molecule has 1 aromatic carbocycles. The molecule has 0 bridgehead atoms. The van der Waals surface area contributed by atoms with E-state index in [1.165, 1.54) is 30.5 Å². The molecule has 2 rings (SSSR count). The first-order chi connectivity index (χ1) is 10.3. The number of urea groups is 1. The van der Waals surface area contributed by atoms with Gasteiger partial charge in [0.1, 0.15) is 11.6 Å². The van der Waals surface area contributed by atoms with Crippen molar-refractivity contribution in [2.24, 2.45) is 0 Å². The zero-order chi connectivity index (χ0) is 16.2. The SMILES string of the molecule is O=C(Nc1ccn[nH]1)Nc1ccc(Cl)cc1OCC(F)(F)F. The Bertz CT molecular complexity index is 646. The number of hydrogen-bond acceptors (Lipinski definition) is 3. The lowest BCUT2D eigenvalue weighted by Gasteiger charge is -2.14. The summed E-state index contributed by atoms with van der Waals surface area (Å²) in [5, 5.41) is 11.1. The van der Waals surface area contributed by atoms with Gasteiger partial charge >= 0.3 is 12.2 Å². The molecule has 6 nitrogen and oxygen atoms in total. The molecule has 0 saturated carbocycles. The van der Waals surface area contributed by atoms with Gasteiger partial charge in [0.05, 0.1) is 11.9 Å². The molecule has 3 N–H and O–H groups in total. The number of anilines is 2. The van der Waals surface area contributed by atoms with E-state index in [9.17, 15) is 18.0 Å². The van der Waals surface area contributed by atoms with Gasteiger partial charge in [0, 0.05) is 17.2 Å². The Balaban J connectivity index is 2.07. The van der Waals surface area contributed by atoms with Crippen molar-refractivity contribution in [1.29, 1.82) is 0 Å². The Morgan fingerprint density at radius 2 is 2.09 bits per heavy atom. The summed E-state index contributed by atoms with van der Waals surface area (Å²) in [5.74, 6) is 0.133. The van der Waals surface area contributed by atoms with Gasteiger partial charge in [-0.05, 0) is 12.1 Å². The van der Waals surface area contributed by atoms with E-state index in [2.05, 4.69) is 25.6 Å². The second-order valence-corrected chi connectivity index (χ2v) is 4.53. The molecule has 0 aliphatic rings. The number of nitrogens with one attached hydrogen (secondary N) is 3. The molecule has 0 fully saturated rings. The zero-order valence-corrected chi connectivity index (χ0v) is 11.6. The normalized spacial score (nSPS) is 11.1. The molecule has 118 valence electrons. The number of ether oxygens (including phenoxy) is 1. The Morgan fingerprint density at radius 3 is 2.73 bits per heavy atom. The van der Waals surface area contributed by atoms with Crippen LogP contribution in [0.15, 0.2) is 30.5 Å². The first-order valence-corrected chi connectivity index (χ1v) is 6.28. The van der Waals surface area contributed by atoms with Crippen molar-refractivity contribution in [2.75, 3.05) is 17.2 Å². The molecule has 0 aliphatic carbocycles. The molecule has 0 atom stereocenters. The van der Waals surface area contributed by atoms with E-state index in [-0.39, 0.29) is 16.5 Å². The van der Waals surface area contributed by atoms with Gasteiger partial charge in [0.25, 0.3) is 0 Å². The molecule has 0 aliphatic heterocycles. The van der Waals surface area contributed by atoms with Gasteiger partial charge in [-0.15, -0.1) is 0 Å². The van der Waals surface area contributed by atoms with E-state index in [4.69, 9.17) is 11.6 Å². The number of benzene rings is 1. The van der Waals surface area contributed by atoms with E-state index in [1.807, 2.05) is 0 Å². The lowest BCUT2D eigenvalue weighted by atomic mass is 10.3. The predicted molar refractivity (Wildman–Crippen MR) is 74.2 cm³/mol. The topological polar surface area (TPSA) is 79.0 Å². The minimum absolute atomic E-state index is 0.0469. The van der Waals surface area contributed by atoms with Crippen molar-refractivity contribution >= 4 is 29.1 Å². The van der Waals surface area contributed by atoms with Gasteiger partial charge in [-0.1, -0.05) is 11.6 Å². The number of aromatic nitrogens is 2. The number of aromatic amines is 1. The number of hydrogen-bond donors (Lipinski definition) is 3. The number of H-pyrrole nitrogens is 1. The average molecular weight is 335 g/mol. The Kier molecular flexibility index (Phi) is 4.76. The number of rotatable bonds is 4. The molecule has 0 spiro atoms. The fraction of sp³-hybridized carbons (Fsp3) is 0.167. The van der Waals surface area contributed by atoms with Crippen LogP contribution in [0.1, 0.15) is 0 Å². The minimum atomic E-state index is -4.50. The maximum atomic E-state index is 12.2. The van der Waals surface area contributed by atoms with Crippen LogP contribution in [0, 0.1) is 0 Å².